The first-order chi connectivity index (χ1) is 51.4. The maximum atomic E-state index is 6.17. The van der Waals surface area contributed by atoms with Crippen LogP contribution in [0, 0.1) is 145 Å². The van der Waals surface area contributed by atoms with Gasteiger partial charge in [-0.05, 0) is 313 Å². The van der Waals surface area contributed by atoms with Crippen molar-refractivity contribution in [1.82, 2.24) is 19.1 Å². The first-order valence-corrected chi connectivity index (χ1v) is 48.5. The van der Waals surface area contributed by atoms with Gasteiger partial charge in [0.25, 0.3) is 0 Å². The molecular formula is C103H194N6O. The standard InChI is InChI=1S/C14H26O.C14H28.2C13H22N2.C13H27N.C12H25N.2C12H22/c1-4-15-13-10-12(11(2)3)14(13)8-6-5-7-9-14;1-7-14(6)9-12(11(2)3)8-13(4,5)10-14;2*1-10(2)11-5-4-6-12(9-11)13-14-7-8-15(13)3;1-10(2)13(5)8-6-11(7-9-13)12(3,4)14;1-9(2)12(5)7-10(13)6-11(3,4)8-12;2*1-9(2)11-4-3-5-12(8-11)10-6-7-10/h11-13H,4-10H2,1-3H3;11-12H,7-10H2,1-6H3;2*7-8,10-12H,4-6,9H2,1-3H3;10-11H,6-9,14H2,1-5H3;9-10H,6-8,13H2,1-5H3;2*9-12H,3-8H2,1-2H3/t;;11?,12-;11-,12+;;;2*11-,12+/m..11..10/s1. The van der Waals surface area contributed by atoms with Gasteiger partial charge in [0.1, 0.15) is 11.6 Å². The summed E-state index contributed by atoms with van der Waals surface area (Å²) in [5, 5.41) is 0. The number of nitrogens with two attached hydrogens (primary N) is 2. The van der Waals surface area contributed by atoms with Crippen LogP contribution in [0.4, 0.5) is 0 Å². The van der Waals surface area contributed by atoms with E-state index in [1.807, 2.05) is 12.4 Å². The van der Waals surface area contributed by atoms with E-state index in [4.69, 9.17) is 16.2 Å². The average Bonchev–Trinajstić information content (AvgIpc) is 1.18. The van der Waals surface area contributed by atoms with Gasteiger partial charge in [-0.15, -0.1) is 0 Å². The smallest absolute Gasteiger partial charge is 0.111 e. The van der Waals surface area contributed by atoms with Gasteiger partial charge in [-0.25, -0.2) is 9.97 Å². The van der Waals surface area contributed by atoms with Crippen molar-refractivity contribution in [3.8, 4) is 0 Å². The van der Waals surface area contributed by atoms with E-state index in [-0.39, 0.29) is 5.54 Å². The van der Waals surface area contributed by atoms with Gasteiger partial charge in [0.05, 0.1) is 6.10 Å². The lowest BCUT2D eigenvalue weighted by atomic mass is 9.49. The predicted octanol–water partition coefficient (Wildman–Crippen LogP) is 30.1. The van der Waals surface area contributed by atoms with Crippen molar-refractivity contribution >= 4 is 0 Å². The molecule has 11 aliphatic carbocycles. The van der Waals surface area contributed by atoms with Gasteiger partial charge >= 0.3 is 0 Å². The molecule has 0 saturated heterocycles. The van der Waals surface area contributed by atoms with Gasteiger partial charge in [-0.3, -0.25) is 0 Å². The van der Waals surface area contributed by atoms with Crippen LogP contribution >= 0.6 is 0 Å². The minimum atomic E-state index is 0.0261. The number of aryl methyl sites for hydroxylation is 2. The van der Waals surface area contributed by atoms with Crippen molar-refractivity contribution in [1.29, 1.82) is 0 Å². The molecule has 7 heteroatoms. The highest BCUT2D eigenvalue weighted by Crippen LogP contribution is 2.60. The Morgan fingerprint density at radius 2 is 0.845 bits per heavy atom. The highest BCUT2D eigenvalue weighted by Gasteiger charge is 2.56. The lowest BCUT2D eigenvalue weighted by Gasteiger charge is -2.59. The highest BCUT2D eigenvalue weighted by atomic mass is 16.5. The zero-order chi connectivity index (χ0) is 81.9. The Morgan fingerprint density at radius 1 is 0.436 bits per heavy atom. The molecule has 2 aromatic rings. The van der Waals surface area contributed by atoms with Crippen molar-refractivity contribution in [3.63, 3.8) is 0 Å². The van der Waals surface area contributed by atoms with Crippen LogP contribution in [0.1, 0.15) is 448 Å². The van der Waals surface area contributed by atoms with E-state index in [1.54, 1.807) is 51.4 Å². The SMILES string of the molecule is CC(C)C1(C)CC(N)CC(C)(C)C1.CC(C)C1(C)CCC(C(C)(C)N)CC1.CC(C)C1CCC[C@@H](c2nccn2C)C1.CC(C)[C@@H]1CCC[C@H](C2CC2)C1.CC(C)[C@@H]1CCC[C@H](c2nccn2C)C1.CC(C)[C@H]1CCC[C@@H](C2CC2)C1.CCC1(C)CC(C(C)C)CC(C)(C)C1.CCOC1CC(C(C)C)C12CCCCC2. The maximum Gasteiger partial charge on any atom is 0.111 e. The van der Waals surface area contributed by atoms with Gasteiger partial charge < -0.3 is 25.3 Å². The first-order valence-electron chi connectivity index (χ1n) is 48.5. The summed E-state index contributed by atoms with van der Waals surface area (Å²) in [6, 6.07) is 0.413. The Bertz CT molecular complexity index is 2680. The van der Waals surface area contributed by atoms with Crippen molar-refractivity contribution in [2.24, 2.45) is 170 Å². The molecule has 0 bridgehead atoms. The number of imidazole rings is 2. The van der Waals surface area contributed by atoms with Crippen LogP contribution in [0.5, 0.6) is 0 Å². The predicted molar refractivity (Wildman–Crippen MR) is 481 cm³/mol. The third-order valence-electron chi connectivity index (χ3n) is 33.2. The van der Waals surface area contributed by atoms with E-state index in [2.05, 4.69) is 233 Å². The van der Waals surface area contributed by atoms with Gasteiger partial charge in [-0.2, -0.15) is 0 Å². The first kappa shape index (κ1) is 97.1. The molecule has 14 atom stereocenters. The molecule has 7 nitrogen and oxygen atoms in total. The fourth-order valence-corrected chi connectivity index (χ4v) is 24.6. The molecule has 11 saturated carbocycles. The summed E-state index contributed by atoms with van der Waals surface area (Å²) in [7, 11) is 4.22. The number of hydrogen-bond donors (Lipinski definition) is 2. The van der Waals surface area contributed by atoms with Crippen LogP contribution in [0.3, 0.4) is 0 Å². The summed E-state index contributed by atoms with van der Waals surface area (Å²) in [4.78, 5) is 8.99. The van der Waals surface area contributed by atoms with Gasteiger partial charge in [0.2, 0.25) is 0 Å². The number of aromatic nitrogens is 4. The number of rotatable bonds is 16. The second kappa shape index (κ2) is 43.8. The summed E-state index contributed by atoms with van der Waals surface area (Å²) in [5.41, 5.74) is 15.6. The Kier molecular flexibility index (Phi) is 38.7. The molecule has 11 aliphatic rings. The topological polar surface area (TPSA) is 96.9 Å². The molecule has 642 valence electrons. The molecule has 0 aromatic carbocycles. The molecule has 4 N–H and O–H groups in total. The van der Waals surface area contributed by atoms with Crippen LogP contribution in [0.2, 0.25) is 0 Å². The fraction of sp³-hybridized carbons (Fsp3) is 0.942. The Morgan fingerprint density at radius 3 is 1.19 bits per heavy atom. The summed E-state index contributed by atoms with van der Waals surface area (Å²) in [5.74, 6) is 21.9. The van der Waals surface area contributed by atoms with Crippen LogP contribution in [0.25, 0.3) is 0 Å². The molecule has 0 radical (unpaired) electrons. The van der Waals surface area contributed by atoms with Gasteiger partial charge in [-0.1, -0.05) is 256 Å². The van der Waals surface area contributed by atoms with E-state index in [9.17, 15) is 0 Å². The van der Waals surface area contributed by atoms with E-state index >= 15 is 0 Å². The highest BCUT2D eigenvalue weighted by molar-refractivity contribution is 5.07. The molecule has 11 fully saturated rings. The molecular weight excluding hydrogens is 1340 g/mol. The Hall–Kier alpha value is -1.70. The Balaban J connectivity index is 0.000000197. The Labute approximate surface area is 687 Å². The second-order valence-corrected chi connectivity index (χ2v) is 46.5. The van der Waals surface area contributed by atoms with Gasteiger partial charge in [0.15, 0.2) is 0 Å². The third-order valence-corrected chi connectivity index (χ3v) is 33.2. The molecule has 0 aliphatic heterocycles. The molecule has 110 heavy (non-hydrogen) atoms. The van der Waals surface area contributed by atoms with Crippen LogP contribution in [0.15, 0.2) is 24.8 Å². The molecule has 13 rings (SSSR count). The number of ether oxygens (including phenoxy) is 1. The monoisotopic (exact) mass is 1530 g/mol. The maximum absolute atomic E-state index is 6.17. The quantitative estimate of drug-likeness (QED) is 0.175. The van der Waals surface area contributed by atoms with Crippen molar-refractivity contribution in [2.75, 3.05) is 6.61 Å². The van der Waals surface area contributed by atoms with Crippen LogP contribution in [-0.2, 0) is 18.8 Å². The fourth-order valence-electron chi connectivity index (χ4n) is 24.6. The average molecular weight is 1530 g/mol. The molecule has 0 amide bonds. The largest absolute Gasteiger partial charge is 0.378 e. The molecule has 2 heterocycles. The summed E-state index contributed by atoms with van der Waals surface area (Å²) in [6.07, 6.45) is 61.2. The molecule has 2 aromatic heterocycles. The lowest BCUT2D eigenvalue weighted by Crippen LogP contribution is -2.57. The van der Waals surface area contributed by atoms with E-state index in [0.29, 0.717) is 56.5 Å². The van der Waals surface area contributed by atoms with Crippen molar-refractivity contribution in [3.05, 3.63) is 36.4 Å². The zero-order valence-electron chi connectivity index (χ0n) is 79.3. The summed E-state index contributed by atoms with van der Waals surface area (Å²) >= 11 is 0. The minimum absolute atomic E-state index is 0.0261. The van der Waals surface area contributed by atoms with Crippen molar-refractivity contribution < 1.29 is 4.74 Å². The normalized spacial score (nSPS) is 34.1. The van der Waals surface area contributed by atoms with E-state index in [0.717, 1.165) is 119 Å². The number of nitrogens with zero attached hydrogens (tertiary/aromatic N) is 4. The van der Waals surface area contributed by atoms with Crippen molar-refractivity contribution in [2.45, 2.75) is 454 Å². The molecule has 1 spiro atoms. The van der Waals surface area contributed by atoms with Crippen LogP contribution in [-0.4, -0.2) is 43.4 Å². The van der Waals surface area contributed by atoms with Gasteiger partial charge in [0, 0.05) is 68.9 Å². The van der Waals surface area contributed by atoms with Crippen LogP contribution < -0.4 is 11.5 Å². The number of hydrogen-bond acceptors (Lipinski definition) is 5. The van der Waals surface area contributed by atoms with E-state index < -0.39 is 0 Å². The minimum Gasteiger partial charge on any atom is -0.378 e. The third kappa shape index (κ3) is 30.0. The molecule has 7 unspecified atom stereocenters. The summed E-state index contributed by atoms with van der Waals surface area (Å²) in [6.45, 7) is 64.7. The van der Waals surface area contributed by atoms with E-state index in [1.165, 1.54) is 198 Å². The zero-order valence-corrected chi connectivity index (χ0v) is 79.3. The lowest BCUT2D eigenvalue weighted by molar-refractivity contribution is -0.184. The second-order valence-electron chi connectivity index (χ2n) is 46.5. The summed E-state index contributed by atoms with van der Waals surface area (Å²) < 4.78 is 10.3.